The molecule has 0 aliphatic carbocycles. The van der Waals surface area contributed by atoms with E-state index in [-0.39, 0.29) is 12.6 Å². The molecule has 0 spiro atoms. The molecular formula is C17H27NO3. The van der Waals surface area contributed by atoms with Crippen LogP contribution in [0.5, 0.6) is 0 Å². The molecule has 0 saturated carbocycles. The van der Waals surface area contributed by atoms with Gasteiger partial charge in [0.25, 0.3) is 0 Å². The smallest absolute Gasteiger partial charge is 0.323 e. The largest absolute Gasteiger partial charge is 0.465 e. The van der Waals surface area contributed by atoms with Crippen LogP contribution in [-0.2, 0) is 16.0 Å². The first-order valence-corrected chi connectivity index (χ1v) is 7.81. The molecule has 1 aromatic carbocycles. The van der Waals surface area contributed by atoms with Gasteiger partial charge in [-0.3, -0.25) is 4.79 Å². The summed E-state index contributed by atoms with van der Waals surface area (Å²) in [7, 11) is 0. The maximum absolute atomic E-state index is 11.7. The summed E-state index contributed by atoms with van der Waals surface area (Å²) in [5, 5.41) is 8.66. The van der Waals surface area contributed by atoms with Gasteiger partial charge >= 0.3 is 5.97 Å². The SMILES string of the molecule is N[C@@H](Cc1ccccc1)C(=O)OCCCCCCCCO. The molecule has 0 bridgehead atoms. The second-order valence-corrected chi connectivity index (χ2v) is 5.31. The molecule has 0 amide bonds. The Bertz CT molecular complexity index is 381. The van der Waals surface area contributed by atoms with Crippen molar-refractivity contribution in [2.45, 2.75) is 51.0 Å². The lowest BCUT2D eigenvalue weighted by molar-refractivity contribution is -0.145. The predicted octanol–water partition coefficient (Wildman–Crippen LogP) is 2.43. The number of unbranched alkanes of at least 4 members (excludes halogenated alkanes) is 5. The molecule has 1 aromatic rings. The molecule has 3 N–H and O–H groups in total. The van der Waals surface area contributed by atoms with E-state index < -0.39 is 6.04 Å². The summed E-state index contributed by atoms with van der Waals surface area (Å²) in [5.74, 6) is -0.320. The summed E-state index contributed by atoms with van der Waals surface area (Å²) < 4.78 is 5.20. The number of rotatable bonds is 11. The lowest BCUT2D eigenvalue weighted by Crippen LogP contribution is -2.34. The number of nitrogens with two attached hydrogens (primary N) is 1. The van der Waals surface area contributed by atoms with Crippen molar-refractivity contribution in [1.29, 1.82) is 0 Å². The van der Waals surface area contributed by atoms with Crippen LogP contribution < -0.4 is 5.73 Å². The lowest BCUT2D eigenvalue weighted by Gasteiger charge is -2.11. The summed E-state index contributed by atoms with van der Waals surface area (Å²) in [4.78, 5) is 11.7. The van der Waals surface area contributed by atoms with E-state index in [9.17, 15) is 4.79 Å². The quantitative estimate of drug-likeness (QED) is 0.485. The van der Waals surface area contributed by atoms with Gasteiger partial charge in [-0.25, -0.2) is 0 Å². The Kier molecular flexibility index (Phi) is 9.49. The summed E-state index contributed by atoms with van der Waals surface area (Å²) in [6.07, 6.45) is 6.63. The van der Waals surface area contributed by atoms with Crippen LogP contribution in [0, 0.1) is 0 Å². The number of hydrogen-bond acceptors (Lipinski definition) is 4. The molecule has 0 heterocycles. The molecule has 0 radical (unpaired) electrons. The number of hydrogen-bond donors (Lipinski definition) is 2. The van der Waals surface area contributed by atoms with Crippen LogP contribution in [0.2, 0.25) is 0 Å². The van der Waals surface area contributed by atoms with Crippen molar-refractivity contribution in [1.82, 2.24) is 0 Å². The first-order chi connectivity index (χ1) is 10.2. The first kappa shape index (κ1) is 17.7. The van der Waals surface area contributed by atoms with Crippen LogP contribution in [0.15, 0.2) is 30.3 Å². The van der Waals surface area contributed by atoms with Gasteiger partial charge in [-0.2, -0.15) is 0 Å². The normalized spacial score (nSPS) is 12.1. The van der Waals surface area contributed by atoms with Gasteiger partial charge in [0.15, 0.2) is 0 Å². The molecule has 0 unspecified atom stereocenters. The Morgan fingerprint density at radius 1 is 1.05 bits per heavy atom. The van der Waals surface area contributed by atoms with E-state index >= 15 is 0 Å². The maximum Gasteiger partial charge on any atom is 0.323 e. The molecule has 4 nitrogen and oxygen atoms in total. The van der Waals surface area contributed by atoms with E-state index in [1.807, 2.05) is 30.3 Å². The van der Waals surface area contributed by atoms with Gasteiger partial charge in [-0.05, 0) is 24.8 Å². The fourth-order valence-electron chi connectivity index (χ4n) is 2.15. The predicted molar refractivity (Wildman–Crippen MR) is 83.9 cm³/mol. The van der Waals surface area contributed by atoms with Crippen LogP contribution in [0.4, 0.5) is 0 Å². The van der Waals surface area contributed by atoms with Gasteiger partial charge < -0.3 is 15.6 Å². The molecule has 4 heteroatoms. The third kappa shape index (κ3) is 8.48. The van der Waals surface area contributed by atoms with Gasteiger partial charge in [-0.15, -0.1) is 0 Å². The number of esters is 1. The topological polar surface area (TPSA) is 72.6 Å². The maximum atomic E-state index is 11.7. The summed E-state index contributed by atoms with van der Waals surface area (Å²) >= 11 is 0. The molecule has 0 fully saturated rings. The molecule has 21 heavy (non-hydrogen) atoms. The second-order valence-electron chi connectivity index (χ2n) is 5.31. The number of carbonyl (C=O) groups is 1. The van der Waals surface area contributed by atoms with Gasteiger partial charge in [0.2, 0.25) is 0 Å². The van der Waals surface area contributed by atoms with Crippen LogP contribution in [0.1, 0.15) is 44.1 Å². The van der Waals surface area contributed by atoms with Gasteiger partial charge in [0.05, 0.1) is 6.61 Å². The van der Waals surface area contributed by atoms with Crippen molar-refractivity contribution in [3.8, 4) is 0 Å². The second kappa shape index (κ2) is 11.3. The Labute approximate surface area is 127 Å². The zero-order valence-electron chi connectivity index (χ0n) is 12.7. The van der Waals surface area contributed by atoms with Crippen molar-refractivity contribution in [2.24, 2.45) is 5.73 Å². The van der Waals surface area contributed by atoms with Crippen LogP contribution in [-0.4, -0.2) is 30.3 Å². The zero-order chi connectivity index (χ0) is 15.3. The van der Waals surface area contributed by atoms with Crippen molar-refractivity contribution < 1.29 is 14.6 Å². The number of aliphatic hydroxyl groups excluding tert-OH is 1. The minimum absolute atomic E-state index is 0.275. The number of ether oxygens (including phenoxy) is 1. The van der Waals surface area contributed by atoms with Crippen LogP contribution >= 0.6 is 0 Å². The highest BCUT2D eigenvalue weighted by atomic mass is 16.5. The number of benzene rings is 1. The molecule has 0 saturated heterocycles. The third-order valence-electron chi connectivity index (χ3n) is 3.40. The summed E-state index contributed by atoms with van der Waals surface area (Å²) in [6, 6.07) is 9.14. The Morgan fingerprint density at radius 3 is 2.33 bits per heavy atom. The highest BCUT2D eigenvalue weighted by molar-refractivity contribution is 5.75. The number of aliphatic hydroxyl groups is 1. The van der Waals surface area contributed by atoms with E-state index in [1.54, 1.807) is 0 Å². The van der Waals surface area contributed by atoms with Crippen molar-refractivity contribution in [3.63, 3.8) is 0 Å². The molecule has 0 aliphatic heterocycles. The Balaban J connectivity index is 2.05. The Morgan fingerprint density at radius 2 is 1.67 bits per heavy atom. The standard InChI is InChI=1S/C17H27NO3/c18-16(14-15-10-6-5-7-11-15)17(20)21-13-9-4-2-1-3-8-12-19/h5-7,10-11,16,19H,1-4,8-9,12-14,18H2/t16-/m0/s1. The molecule has 118 valence electrons. The van der Waals surface area contributed by atoms with Gasteiger partial charge in [-0.1, -0.05) is 56.0 Å². The van der Waals surface area contributed by atoms with Crippen molar-refractivity contribution >= 4 is 5.97 Å². The summed E-state index contributed by atoms with van der Waals surface area (Å²) in [6.45, 7) is 0.720. The van der Waals surface area contributed by atoms with Crippen molar-refractivity contribution in [2.75, 3.05) is 13.2 Å². The van der Waals surface area contributed by atoms with Gasteiger partial charge in [0.1, 0.15) is 6.04 Å². The van der Waals surface area contributed by atoms with E-state index in [0.29, 0.717) is 13.0 Å². The minimum atomic E-state index is -0.586. The van der Waals surface area contributed by atoms with Crippen LogP contribution in [0.25, 0.3) is 0 Å². The molecule has 1 rings (SSSR count). The average molecular weight is 293 g/mol. The lowest BCUT2D eigenvalue weighted by atomic mass is 10.1. The molecular weight excluding hydrogens is 266 g/mol. The van der Waals surface area contributed by atoms with E-state index in [1.165, 1.54) is 0 Å². The zero-order valence-corrected chi connectivity index (χ0v) is 12.7. The highest BCUT2D eigenvalue weighted by Crippen LogP contribution is 2.06. The highest BCUT2D eigenvalue weighted by Gasteiger charge is 2.15. The fraction of sp³-hybridized carbons (Fsp3) is 0.588. The fourth-order valence-corrected chi connectivity index (χ4v) is 2.15. The third-order valence-corrected chi connectivity index (χ3v) is 3.40. The average Bonchev–Trinajstić information content (AvgIpc) is 2.50. The van der Waals surface area contributed by atoms with Crippen LogP contribution in [0.3, 0.4) is 0 Å². The molecule has 0 aromatic heterocycles. The Hall–Kier alpha value is -1.39. The first-order valence-electron chi connectivity index (χ1n) is 7.81. The van der Waals surface area contributed by atoms with E-state index in [2.05, 4.69) is 0 Å². The van der Waals surface area contributed by atoms with E-state index in [0.717, 1.165) is 44.1 Å². The van der Waals surface area contributed by atoms with Crippen molar-refractivity contribution in [3.05, 3.63) is 35.9 Å². The monoisotopic (exact) mass is 293 g/mol. The minimum Gasteiger partial charge on any atom is -0.465 e. The molecule has 1 atom stereocenters. The van der Waals surface area contributed by atoms with E-state index in [4.69, 9.17) is 15.6 Å². The van der Waals surface area contributed by atoms with Gasteiger partial charge in [0, 0.05) is 6.61 Å². The molecule has 0 aliphatic rings. The summed E-state index contributed by atoms with van der Waals surface area (Å²) in [5.41, 5.74) is 6.89. The number of carbonyl (C=O) groups excluding carboxylic acids is 1.